The number of hydrogen-bond donors (Lipinski definition) is 3. The average molecular weight is 524 g/mol. The van der Waals surface area contributed by atoms with Gasteiger partial charge in [0.2, 0.25) is 5.91 Å². The molecule has 4 heterocycles. The van der Waals surface area contributed by atoms with E-state index in [-0.39, 0.29) is 23.4 Å². The number of fused-ring (bicyclic) bond motifs is 3. The van der Waals surface area contributed by atoms with Gasteiger partial charge in [0.15, 0.2) is 5.43 Å². The highest BCUT2D eigenvalue weighted by Crippen LogP contribution is 2.49. The van der Waals surface area contributed by atoms with Crippen LogP contribution in [0.15, 0.2) is 29.2 Å². The molecule has 4 N–H and O–H groups in total. The number of nitrogens with one attached hydrogen (secondary N) is 2. The van der Waals surface area contributed by atoms with Crippen LogP contribution in [0, 0.1) is 0 Å². The number of aryl methyl sites for hydroxylation is 1. The lowest BCUT2D eigenvalue weighted by atomic mass is 9.91. The number of nitrogens with two attached hydrogens (primary N) is 1. The second-order valence-corrected chi connectivity index (χ2v) is 11.4. The number of hydrogen-bond acceptors (Lipinski definition) is 8. The van der Waals surface area contributed by atoms with Gasteiger partial charge in [-0.15, -0.1) is 11.3 Å². The van der Waals surface area contributed by atoms with Crippen LogP contribution in [-0.4, -0.2) is 59.2 Å². The molecular formula is C27H33N5O4S. The predicted octanol–water partition coefficient (Wildman–Crippen LogP) is 3.66. The number of H-pyrrole nitrogens is 1. The molecule has 0 aromatic carbocycles. The topological polar surface area (TPSA) is 123 Å². The van der Waals surface area contributed by atoms with E-state index in [9.17, 15) is 9.59 Å². The minimum Gasteiger partial charge on any atom is -0.490 e. The van der Waals surface area contributed by atoms with Gasteiger partial charge in [0, 0.05) is 54.8 Å². The number of aromatic amines is 1. The van der Waals surface area contributed by atoms with Crippen molar-refractivity contribution in [3.8, 4) is 5.75 Å². The second kappa shape index (κ2) is 10.4. The van der Waals surface area contributed by atoms with E-state index in [0.717, 1.165) is 80.8 Å². The monoisotopic (exact) mass is 523 g/mol. The number of pyridine rings is 2. The zero-order chi connectivity index (χ0) is 25.4. The number of ether oxygens (including phenoxy) is 2. The molecule has 1 atom stereocenters. The predicted molar refractivity (Wildman–Crippen MR) is 144 cm³/mol. The Morgan fingerprint density at radius 2 is 2.03 bits per heavy atom. The summed E-state index contributed by atoms with van der Waals surface area (Å²) in [5.74, 6) is 1.83. The number of primary amides is 1. The smallest absolute Gasteiger partial charge is 0.218 e. The van der Waals surface area contributed by atoms with Crippen LogP contribution in [0.1, 0.15) is 54.9 Å². The number of amides is 1. The van der Waals surface area contributed by atoms with E-state index in [1.807, 2.05) is 6.07 Å². The fraction of sp³-hybridized carbons (Fsp3) is 0.519. The van der Waals surface area contributed by atoms with Crippen molar-refractivity contribution in [3.63, 3.8) is 0 Å². The van der Waals surface area contributed by atoms with Gasteiger partial charge in [0.05, 0.1) is 24.7 Å². The lowest BCUT2D eigenvalue weighted by Crippen LogP contribution is -2.46. The molecule has 0 bridgehead atoms. The van der Waals surface area contributed by atoms with Crippen LogP contribution in [0.5, 0.6) is 5.75 Å². The van der Waals surface area contributed by atoms with Crippen LogP contribution in [0.2, 0.25) is 0 Å². The summed E-state index contributed by atoms with van der Waals surface area (Å²) in [5.41, 5.74) is 6.69. The third-order valence-electron chi connectivity index (χ3n) is 7.85. The number of aromatic nitrogens is 2. The third-order valence-corrected chi connectivity index (χ3v) is 9.01. The zero-order valence-electron chi connectivity index (χ0n) is 20.8. The molecular weight excluding hydrogens is 490 g/mol. The third kappa shape index (κ3) is 5.23. The maximum atomic E-state index is 11.8. The Labute approximate surface area is 219 Å². The van der Waals surface area contributed by atoms with Crippen LogP contribution < -0.4 is 21.2 Å². The molecule has 2 fully saturated rings. The van der Waals surface area contributed by atoms with Gasteiger partial charge in [-0.3, -0.25) is 14.5 Å². The summed E-state index contributed by atoms with van der Waals surface area (Å²) in [6.07, 6.45) is 8.15. The number of anilines is 2. The fourth-order valence-electron chi connectivity index (χ4n) is 6.11. The lowest BCUT2D eigenvalue weighted by Gasteiger charge is -2.38. The van der Waals surface area contributed by atoms with Crippen LogP contribution in [0.25, 0.3) is 10.2 Å². The van der Waals surface area contributed by atoms with Gasteiger partial charge in [0.25, 0.3) is 0 Å². The molecule has 0 spiro atoms. The van der Waals surface area contributed by atoms with Crippen molar-refractivity contribution in [2.75, 3.05) is 31.6 Å². The molecule has 3 aromatic heterocycles. The van der Waals surface area contributed by atoms with Crippen molar-refractivity contribution in [2.45, 2.75) is 63.0 Å². The van der Waals surface area contributed by atoms with Crippen molar-refractivity contribution in [2.24, 2.45) is 5.73 Å². The van der Waals surface area contributed by atoms with Crippen molar-refractivity contribution < 1.29 is 14.3 Å². The van der Waals surface area contributed by atoms with Gasteiger partial charge in [-0.25, -0.2) is 4.98 Å². The van der Waals surface area contributed by atoms with E-state index in [4.69, 9.17) is 20.2 Å². The van der Waals surface area contributed by atoms with Gasteiger partial charge in [0.1, 0.15) is 22.2 Å². The van der Waals surface area contributed by atoms with Gasteiger partial charge >= 0.3 is 0 Å². The van der Waals surface area contributed by atoms with Crippen LogP contribution >= 0.6 is 11.3 Å². The minimum absolute atomic E-state index is 0.0831. The minimum atomic E-state index is -0.277. The number of carbonyl (C=O) groups excluding carboxylic acids is 1. The standard InChI is InChI=1S/C27H33N5O4S/c28-22(34)13-16-1-6-21-25(16)26-20(36-19-4-2-17(3-5-19)32-9-11-35-12-10-32)15-24(31-27(26)37-21)30-23-14-18(33)7-8-29-23/h7-8,14-17,19H,1-6,9-13H2,(H2,28,34)(H2,29,30,31,33)/t16-,17?,19?/m1/s1. The van der Waals surface area contributed by atoms with Crippen molar-refractivity contribution in [3.05, 3.63) is 45.1 Å². The first-order valence-corrected chi connectivity index (χ1v) is 14.0. The Balaban J connectivity index is 1.29. The second-order valence-electron chi connectivity index (χ2n) is 10.3. The molecule has 37 heavy (non-hydrogen) atoms. The van der Waals surface area contributed by atoms with Crippen LogP contribution in [-0.2, 0) is 16.0 Å². The molecule has 1 amide bonds. The quantitative estimate of drug-likeness (QED) is 0.432. The zero-order valence-corrected chi connectivity index (χ0v) is 21.6. The first-order valence-electron chi connectivity index (χ1n) is 13.2. The van der Waals surface area contributed by atoms with Gasteiger partial charge < -0.3 is 25.5 Å². The summed E-state index contributed by atoms with van der Waals surface area (Å²) in [7, 11) is 0. The molecule has 1 aliphatic heterocycles. The first-order chi connectivity index (χ1) is 18.0. The van der Waals surface area contributed by atoms with E-state index < -0.39 is 0 Å². The Morgan fingerprint density at radius 1 is 1.22 bits per heavy atom. The lowest BCUT2D eigenvalue weighted by molar-refractivity contribution is -0.118. The molecule has 6 rings (SSSR count). The average Bonchev–Trinajstić information content (AvgIpc) is 3.44. The Kier molecular flexibility index (Phi) is 6.88. The van der Waals surface area contributed by atoms with Crippen molar-refractivity contribution >= 4 is 39.1 Å². The Bertz CT molecular complexity index is 1340. The van der Waals surface area contributed by atoms with Crippen molar-refractivity contribution in [1.29, 1.82) is 0 Å². The number of nitrogens with zero attached hydrogens (tertiary/aromatic N) is 2. The summed E-state index contributed by atoms with van der Waals surface area (Å²) in [6, 6.07) is 5.52. The van der Waals surface area contributed by atoms with Gasteiger partial charge in [-0.2, -0.15) is 0 Å². The molecule has 3 aliphatic rings. The summed E-state index contributed by atoms with van der Waals surface area (Å²) in [6.45, 7) is 3.67. The molecule has 1 saturated heterocycles. The molecule has 3 aromatic rings. The summed E-state index contributed by atoms with van der Waals surface area (Å²) in [5, 5.41) is 4.26. The van der Waals surface area contributed by atoms with E-state index in [2.05, 4.69) is 15.2 Å². The highest BCUT2D eigenvalue weighted by molar-refractivity contribution is 7.19. The first kappa shape index (κ1) is 24.4. The number of carbonyl (C=O) groups is 1. The Morgan fingerprint density at radius 3 is 2.78 bits per heavy atom. The highest BCUT2D eigenvalue weighted by Gasteiger charge is 2.33. The normalized spacial score (nSPS) is 24.2. The highest BCUT2D eigenvalue weighted by atomic mass is 32.1. The molecule has 196 valence electrons. The summed E-state index contributed by atoms with van der Waals surface area (Å²) in [4.78, 5) is 36.3. The van der Waals surface area contributed by atoms with Crippen molar-refractivity contribution in [1.82, 2.24) is 14.9 Å². The summed E-state index contributed by atoms with van der Waals surface area (Å²) >= 11 is 1.67. The molecule has 1 saturated carbocycles. The van der Waals surface area contributed by atoms with E-state index in [1.165, 1.54) is 22.6 Å². The fourth-order valence-corrected chi connectivity index (χ4v) is 7.40. The Hall–Kier alpha value is -2.95. The molecule has 9 nitrogen and oxygen atoms in total. The SMILES string of the molecule is NC(=O)C[C@H]1CCc2sc3nc(Nc4cc(=O)cc[nH]4)cc(OC4CCC(N5CCOCC5)CC4)c3c21. The molecule has 0 unspecified atom stereocenters. The molecule has 2 aliphatic carbocycles. The maximum absolute atomic E-state index is 11.8. The molecule has 10 heteroatoms. The number of thiophene rings is 1. The number of morpholine rings is 1. The largest absolute Gasteiger partial charge is 0.490 e. The summed E-state index contributed by atoms with van der Waals surface area (Å²) < 4.78 is 12.3. The van der Waals surface area contributed by atoms with Gasteiger partial charge in [-0.05, 0) is 50.0 Å². The van der Waals surface area contributed by atoms with E-state index in [1.54, 1.807) is 17.5 Å². The van der Waals surface area contributed by atoms with Crippen LogP contribution in [0.4, 0.5) is 11.6 Å². The van der Waals surface area contributed by atoms with Gasteiger partial charge in [-0.1, -0.05) is 0 Å². The number of rotatable bonds is 7. The molecule has 0 radical (unpaired) electrons. The van der Waals surface area contributed by atoms with E-state index in [0.29, 0.717) is 24.1 Å². The maximum Gasteiger partial charge on any atom is 0.218 e. The van der Waals surface area contributed by atoms with E-state index >= 15 is 0 Å². The van der Waals surface area contributed by atoms with Crippen LogP contribution in [0.3, 0.4) is 0 Å².